The van der Waals surface area contributed by atoms with Crippen LogP contribution >= 0.6 is 11.6 Å². The molecule has 0 aromatic heterocycles. The summed E-state index contributed by atoms with van der Waals surface area (Å²) in [5, 5.41) is -0.409. The molecule has 0 saturated carbocycles. The first kappa shape index (κ1) is 19.7. The molecule has 1 saturated heterocycles. The average molecular weight is 397 g/mol. The van der Waals surface area contributed by atoms with E-state index in [1.807, 2.05) is 0 Å². The zero-order valence-corrected chi connectivity index (χ0v) is 14.8. The van der Waals surface area contributed by atoms with E-state index in [1.165, 1.54) is 27.4 Å². The van der Waals surface area contributed by atoms with Gasteiger partial charge in [-0.05, 0) is 23.8 Å². The molecule has 1 heterocycles. The molecular weight excluding hydrogens is 381 g/mol. The van der Waals surface area contributed by atoms with Crippen molar-refractivity contribution in [3.8, 4) is 0 Å². The maximum atomic E-state index is 12.8. The van der Waals surface area contributed by atoms with E-state index in [2.05, 4.69) is 0 Å². The maximum Gasteiger partial charge on any atom is 0.417 e. The summed E-state index contributed by atoms with van der Waals surface area (Å²) >= 11 is 5.54. The lowest BCUT2D eigenvalue weighted by Gasteiger charge is -2.32. The van der Waals surface area contributed by atoms with Crippen molar-refractivity contribution in [3.05, 3.63) is 40.4 Å². The molecule has 5 nitrogen and oxygen atoms in total. The van der Waals surface area contributed by atoms with Crippen LogP contribution in [0.4, 0.5) is 13.2 Å². The van der Waals surface area contributed by atoms with Crippen LogP contribution in [0.15, 0.2) is 24.3 Å². The fourth-order valence-electron chi connectivity index (χ4n) is 2.38. The number of carbonyl (C=O) groups is 1. The monoisotopic (exact) mass is 396 g/mol. The second-order valence-electron chi connectivity index (χ2n) is 5.56. The first-order valence-electron chi connectivity index (χ1n) is 7.27. The second-order valence-corrected chi connectivity index (χ2v) is 7.95. The minimum absolute atomic E-state index is 0.192. The molecule has 1 fully saturated rings. The van der Waals surface area contributed by atoms with E-state index >= 15 is 0 Å². The van der Waals surface area contributed by atoms with Gasteiger partial charge in [-0.1, -0.05) is 17.7 Å². The van der Waals surface area contributed by atoms with Crippen molar-refractivity contribution in [1.82, 2.24) is 9.21 Å². The Morgan fingerprint density at radius 1 is 1.20 bits per heavy atom. The fraction of sp³-hybridized carbons (Fsp3) is 0.400. The van der Waals surface area contributed by atoms with E-state index in [1.54, 1.807) is 0 Å². The van der Waals surface area contributed by atoms with E-state index in [-0.39, 0.29) is 31.7 Å². The smallest absolute Gasteiger partial charge is 0.337 e. The van der Waals surface area contributed by atoms with Crippen molar-refractivity contribution in [2.75, 3.05) is 32.4 Å². The van der Waals surface area contributed by atoms with Crippen molar-refractivity contribution >= 4 is 33.6 Å². The van der Waals surface area contributed by atoms with Crippen LogP contribution in [0, 0.1) is 0 Å². The first-order valence-corrected chi connectivity index (χ1v) is 9.50. The van der Waals surface area contributed by atoms with Gasteiger partial charge in [0, 0.05) is 32.3 Å². The van der Waals surface area contributed by atoms with Crippen molar-refractivity contribution in [2.24, 2.45) is 0 Å². The van der Waals surface area contributed by atoms with E-state index in [9.17, 15) is 26.4 Å². The van der Waals surface area contributed by atoms with Crippen LogP contribution in [0.2, 0.25) is 5.02 Å². The molecule has 1 aromatic rings. The first-order chi connectivity index (χ1) is 11.5. The Balaban J connectivity index is 2.04. The highest BCUT2D eigenvalue weighted by molar-refractivity contribution is 7.88. The topological polar surface area (TPSA) is 57.7 Å². The molecule has 0 radical (unpaired) electrons. The van der Waals surface area contributed by atoms with Crippen LogP contribution in [-0.4, -0.2) is 56.0 Å². The van der Waals surface area contributed by atoms with Crippen LogP contribution in [0.1, 0.15) is 11.1 Å². The average Bonchev–Trinajstić information content (AvgIpc) is 2.52. The third kappa shape index (κ3) is 5.20. The molecule has 1 aliphatic heterocycles. The summed E-state index contributed by atoms with van der Waals surface area (Å²) in [6.45, 7) is 0.838. The van der Waals surface area contributed by atoms with Gasteiger partial charge < -0.3 is 4.90 Å². The Kier molecular flexibility index (Phi) is 5.80. The van der Waals surface area contributed by atoms with Crippen LogP contribution in [0.5, 0.6) is 0 Å². The standard InChI is InChI=1S/C15H16ClF3N2O3S/c1-25(23,24)21-8-6-20(7-9-21)14(22)5-3-11-2-4-13(16)12(10-11)15(17,18)19/h2-5,10H,6-9H2,1H3/b5-3+. The zero-order valence-electron chi connectivity index (χ0n) is 13.3. The predicted octanol–water partition coefficient (Wildman–Crippen LogP) is 2.48. The van der Waals surface area contributed by atoms with E-state index in [0.29, 0.717) is 0 Å². The molecule has 138 valence electrons. The molecule has 2 rings (SSSR count). The van der Waals surface area contributed by atoms with Crippen molar-refractivity contribution in [2.45, 2.75) is 6.18 Å². The van der Waals surface area contributed by atoms with Gasteiger partial charge in [-0.25, -0.2) is 8.42 Å². The lowest BCUT2D eigenvalue weighted by atomic mass is 10.1. The molecule has 10 heteroatoms. The van der Waals surface area contributed by atoms with Gasteiger partial charge in [-0.3, -0.25) is 4.79 Å². The van der Waals surface area contributed by atoms with Gasteiger partial charge in [0.2, 0.25) is 15.9 Å². The van der Waals surface area contributed by atoms with Gasteiger partial charge in [0.15, 0.2) is 0 Å². The quantitative estimate of drug-likeness (QED) is 0.737. The Labute approximate surface area is 148 Å². The van der Waals surface area contributed by atoms with Crippen molar-refractivity contribution in [3.63, 3.8) is 0 Å². The number of rotatable bonds is 3. The second kappa shape index (κ2) is 7.35. The van der Waals surface area contributed by atoms with E-state index in [0.717, 1.165) is 18.4 Å². The summed E-state index contributed by atoms with van der Waals surface area (Å²) in [5.41, 5.74) is -0.773. The van der Waals surface area contributed by atoms with Gasteiger partial charge in [0.1, 0.15) is 0 Å². The molecule has 1 amide bonds. The molecule has 0 spiro atoms. The molecule has 25 heavy (non-hydrogen) atoms. The number of carbonyl (C=O) groups excluding carboxylic acids is 1. The number of benzene rings is 1. The number of sulfonamides is 1. The zero-order chi connectivity index (χ0) is 18.8. The maximum absolute atomic E-state index is 12.8. The Hall–Kier alpha value is -1.58. The molecule has 0 bridgehead atoms. The lowest BCUT2D eigenvalue weighted by Crippen LogP contribution is -2.49. The number of hydrogen-bond acceptors (Lipinski definition) is 3. The number of alkyl halides is 3. The molecule has 1 aromatic carbocycles. The number of hydrogen-bond donors (Lipinski definition) is 0. The third-order valence-corrected chi connectivity index (χ3v) is 5.37. The summed E-state index contributed by atoms with van der Waals surface area (Å²) in [4.78, 5) is 13.5. The highest BCUT2D eigenvalue weighted by Crippen LogP contribution is 2.35. The molecular formula is C15H16ClF3N2O3S. The summed E-state index contributed by atoms with van der Waals surface area (Å²) in [6.07, 6.45) is -1.04. The summed E-state index contributed by atoms with van der Waals surface area (Å²) in [5.74, 6) is -0.392. The van der Waals surface area contributed by atoms with Crippen molar-refractivity contribution < 1.29 is 26.4 Å². The Morgan fingerprint density at radius 2 is 1.80 bits per heavy atom. The van der Waals surface area contributed by atoms with E-state index < -0.39 is 32.7 Å². The van der Waals surface area contributed by atoms with Gasteiger partial charge in [0.25, 0.3) is 0 Å². The molecule has 0 unspecified atom stereocenters. The summed E-state index contributed by atoms with van der Waals surface area (Å²) in [7, 11) is -3.29. The van der Waals surface area contributed by atoms with Gasteiger partial charge in [-0.15, -0.1) is 0 Å². The highest BCUT2D eigenvalue weighted by Gasteiger charge is 2.33. The SMILES string of the molecule is CS(=O)(=O)N1CCN(C(=O)/C=C/c2ccc(Cl)c(C(F)(F)F)c2)CC1. The van der Waals surface area contributed by atoms with E-state index in [4.69, 9.17) is 11.6 Å². The largest absolute Gasteiger partial charge is 0.417 e. The van der Waals surface area contributed by atoms with Crippen LogP contribution in [0.3, 0.4) is 0 Å². The number of piperazine rings is 1. The van der Waals surface area contributed by atoms with Crippen LogP contribution < -0.4 is 0 Å². The van der Waals surface area contributed by atoms with Gasteiger partial charge in [-0.2, -0.15) is 17.5 Å². The summed E-state index contributed by atoms with van der Waals surface area (Å²) in [6, 6.07) is 3.37. The highest BCUT2D eigenvalue weighted by atomic mass is 35.5. The number of amides is 1. The minimum atomic E-state index is -4.58. The third-order valence-electron chi connectivity index (χ3n) is 3.73. The Bertz CT molecular complexity index is 786. The lowest BCUT2D eigenvalue weighted by molar-refractivity contribution is -0.137. The van der Waals surface area contributed by atoms with Gasteiger partial charge >= 0.3 is 6.18 Å². The van der Waals surface area contributed by atoms with Gasteiger partial charge in [0.05, 0.1) is 16.8 Å². The summed E-state index contributed by atoms with van der Waals surface area (Å²) < 4.78 is 62.6. The minimum Gasteiger partial charge on any atom is -0.337 e. The van der Waals surface area contributed by atoms with Crippen LogP contribution in [0.25, 0.3) is 6.08 Å². The number of halogens is 4. The Morgan fingerprint density at radius 3 is 2.32 bits per heavy atom. The van der Waals surface area contributed by atoms with Crippen molar-refractivity contribution in [1.29, 1.82) is 0 Å². The van der Waals surface area contributed by atoms with Crippen LogP contribution in [-0.2, 0) is 21.0 Å². The molecule has 0 N–H and O–H groups in total. The molecule has 1 aliphatic rings. The normalized spacial score (nSPS) is 17.2. The predicted molar refractivity (Wildman–Crippen MR) is 88.5 cm³/mol. The number of nitrogens with zero attached hydrogens (tertiary/aromatic N) is 2. The fourth-order valence-corrected chi connectivity index (χ4v) is 3.43. The molecule has 0 aliphatic carbocycles. The molecule has 0 atom stereocenters.